The number of nitro benzene ring substituents is 1. The van der Waals surface area contributed by atoms with Gasteiger partial charge in [0.15, 0.2) is 15.3 Å². The Labute approximate surface area is 258 Å². The lowest BCUT2D eigenvalue weighted by atomic mass is 9.86. The first kappa shape index (κ1) is 31.0. The van der Waals surface area contributed by atoms with Crippen LogP contribution < -0.4 is 15.9 Å². The smallest absolute Gasteiger partial charge is 0.269 e. The van der Waals surface area contributed by atoms with E-state index in [-0.39, 0.29) is 54.3 Å². The first-order chi connectivity index (χ1) is 19.7. The number of rotatable bonds is 7. The van der Waals surface area contributed by atoms with Crippen molar-refractivity contribution in [1.82, 2.24) is 18.3 Å². The third-order valence-corrected chi connectivity index (χ3v) is 8.45. The molecule has 2 aromatic heterocycles. The van der Waals surface area contributed by atoms with Gasteiger partial charge in [-0.3, -0.25) is 38.0 Å². The molecular weight excluding hydrogens is 629 g/mol. The average Bonchev–Trinajstić information content (AvgIpc) is 2.96. The van der Waals surface area contributed by atoms with Crippen LogP contribution in [0.5, 0.6) is 17.5 Å². The number of aromatic hydroxyl groups is 2. The van der Waals surface area contributed by atoms with Gasteiger partial charge < -0.3 is 14.9 Å². The molecule has 2 heterocycles. The first-order valence-electron chi connectivity index (χ1n) is 12.0. The Morgan fingerprint density at radius 1 is 0.857 bits per heavy atom. The van der Waals surface area contributed by atoms with Gasteiger partial charge in [0.2, 0.25) is 11.8 Å². The molecule has 0 saturated carbocycles. The highest BCUT2D eigenvalue weighted by Gasteiger charge is 2.33. The molecule has 0 aliphatic carbocycles. The predicted octanol–water partition coefficient (Wildman–Crippen LogP) is 4.61. The minimum absolute atomic E-state index is 0.00873. The van der Waals surface area contributed by atoms with E-state index in [1.165, 1.54) is 73.7 Å². The number of hydrogen-bond donors (Lipinski definition) is 2. The maximum Gasteiger partial charge on any atom is 0.269 e. The summed E-state index contributed by atoms with van der Waals surface area (Å²) in [7, 11) is 5.70. The zero-order chi connectivity index (χ0) is 31.2. The summed E-state index contributed by atoms with van der Waals surface area (Å²) in [6.45, 7) is -0.0326. The molecule has 12 nitrogen and oxygen atoms in total. The van der Waals surface area contributed by atoms with E-state index in [2.05, 4.69) is 0 Å². The van der Waals surface area contributed by atoms with E-state index in [1.54, 1.807) is 0 Å². The Kier molecular flexibility index (Phi) is 8.64. The van der Waals surface area contributed by atoms with Gasteiger partial charge in [-0.05, 0) is 59.8 Å². The van der Waals surface area contributed by atoms with Gasteiger partial charge in [0.1, 0.15) is 6.61 Å². The number of ether oxygens (including phenoxy) is 1. The van der Waals surface area contributed by atoms with Crippen molar-refractivity contribution in [2.24, 2.45) is 28.2 Å². The van der Waals surface area contributed by atoms with Gasteiger partial charge in [0.05, 0.1) is 32.0 Å². The van der Waals surface area contributed by atoms with Crippen LogP contribution >= 0.6 is 47.6 Å². The molecule has 0 bridgehead atoms. The number of hydrogen-bond acceptors (Lipinski definition) is 9. The Bertz CT molecular complexity index is 1890. The van der Waals surface area contributed by atoms with Crippen LogP contribution in [0.3, 0.4) is 0 Å². The quantitative estimate of drug-likeness (QED) is 0.166. The summed E-state index contributed by atoms with van der Waals surface area (Å²) in [4.78, 5) is 37.5. The van der Waals surface area contributed by atoms with Gasteiger partial charge in [-0.15, -0.1) is 0 Å². The van der Waals surface area contributed by atoms with Gasteiger partial charge >= 0.3 is 0 Å². The number of benzene rings is 2. The Morgan fingerprint density at radius 3 is 1.69 bits per heavy atom. The van der Waals surface area contributed by atoms with Crippen molar-refractivity contribution in [2.45, 2.75) is 12.5 Å². The molecule has 0 aliphatic rings. The maximum absolute atomic E-state index is 13.5. The summed E-state index contributed by atoms with van der Waals surface area (Å²) < 4.78 is 10.4. The van der Waals surface area contributed by atoms with E-state index in [4.69, 9.17) is 52.4 Å². The van der Waals surface area contributed by atoms with E-state index in [9.17, 15) is 29.9 Å². The van der Waals surface area contributed by atoms with Crippen LogP contribution in [-0.2, 0) is 34.8 Å². The van der Waals surface area contributed by atoms with Crippen molar-refractivity contribution >= 4 is 53.3 Å². The largest absolute Gasteiger partial charge is 0.494 e. The molecule has 16 heteroatoms. The van der Waals surface area contributed by atoms with Gasteiger partial charge in [-0.2, -0.15) is 0 Å². The van der Waals surface area contributed by atoms with E-state index < -0.39 is 33.7 Å². The minimum atomic E-state index is -1.38. The van der Waals surface area contributed by atoms with Gasteiger partial charge in [0, 0.05) is 40.3 Å². The van der Waals surface area contributed by atoms with Crippen LogP contribution in [0.1, 0.15) is 28.2 Å². The van der Waals surface area contributed by atoms with Crippen LogP contribution in [0.15, 0.2) is 46.0 Å². The molecule has 0 saturated heterocycles. The standard InChI is InChI=1S/C26H23Cl2N5O7S2/c1-29-21(34)18(22(35)30(2)25(29)41)17(19-23(36)31(3)26(42)32(4)24(19)37)13-9-15(27)20(16(28)10-13)40-11-12-5-7-14(8-6-12)33(38)39/h5-10,17,34,36H,11H2,1-4H3. The number of nitrogens with zero attached hydrogens (tertiary/aromatic N) is 5. The Morgan fingerprint density at radius 2 is 1.29 bits per heavy atom. The molecule has 2 aromatic carbocycles. The van der Waals surface area contributed by atoms with Crippen LogP contribution in [0.2, 0.25) is 10.0 Å². The third-order valence-electron chi connectivity index (χ3n) is 6.80. The number of non-ortho nitro benzene ring substituents is 1. The van der Waals surface area contributed by atoms with Crippen molar-refractivity contribution < 1.29 is 19.9 Å². The van der Waals surface area contributed by atoms with E-state index in [0.29, 0.717) is 5.56 Å². The molecule has 0 aliphatic heterocycles. The van der Waals surface area contributed by atoms with Crippen molar-refractivity contribution in [3.63, 3.8) is 0 Å². The van der Waals surface area contributed by atoms with Gasteiger partial charge in [-0.1, -0.05) is 23.2 Å². The molecule has 0 amide bonds. The Balaban J connectivity index is 1.94. The van der Waals surface area contributed by atoms with Crippen molar-refractivity contribution in [1.29, 1.82) is 0 Å². The topological polar surface area (TPSA) is 147 Å². The van der Waals surface area contributed by atoms with E-state index in [0.717, 1.165) is 9.13 Å². The fourth-order valence-electron chi connectivity index (χ4n) is 4.46. The molecule has 4 aromatic rings. The number of nitro groups is 1. The van der Waals surface area contributed by atoms with Crippen LogP contribution in [0.4, 0.5) is 5.69 Å². The van der Waals surface area contributed by atoms with Crippen LogP contribution in [0.25, 0.3) is 0 Å². The highest BCUT2D eigenvalue weighted by atomic mass is 35.5. The molecule has 0 radical (unpaired) electrons. The maximum atomic E-state index is 13.5. The van der Waals surface area contributed by atoms with Gasteiger partial charge in [0.25, 0.3) is 16.8 Å². The molecule has 220 valence electrons. The summed E-state index contributed by atoms with van der Waals surface area (Å²) in [5, 5.41) is 33.2. The summed E-state index contributed by atoms with van der Waals surface area (Å²) in [6, 6.07) is 8.49. The summed E-state index contributed by atoms with van der Waals surface area (Å²) >= 11 is 23.7. The fraction of sp³-hybridized carbons (Fsp3) is 0.231. The summed E-state index contributed by atoms with van der Waals surface area (Å²) in [6.07, 6.45) is 0. The predicted molar refractivity (Wildman–Crippen MR) is 161 cm³/mol. The lowest BCUT2D eigenvalue weighted by molar-refractivity contribution is -0.384. The van der Waals surface area contributed by atoms with E-state index >= 15 is 0 Å². The Hall–Kier alpha value is -3.98. The molecule has 4 rings (SSSR count). The average molecular weight is 653 g/mol. The SMILES string of the molecule is Cn1c(O)c(C(c2cc(Cl)c(OCc3ccc([N+](=O)[O-])cc3)c(Cl)c2)c2c(O)n(C)c(=S)n(C)c2=O)c(=O)n(C)c1=S. The second kappa shape index (κ2) is 11.7. The van der Waals surface area contributed by atoms with Crippen LogP contribution in [-0.4, -0.2) is 33.4 Å². The summed E-state index contributed by atoms with van der Waals surface area (Å²) in [5.41, 5.74) is -1.30. The molecule has 0 fully saturated rings. The molecule has 42 heavy (non-hydrogen) atoms. The van der Waals surface area contributed by atoms with Crippen molar-refractivity contribution in [3.8, 4) is 17.5 Å². The van der Waals surface area contributed by atoms with E-state index in [1.807, 2.05) is 0 Å². The fourth-order valence-corrected chi connectivity index (χ4v) is 5.41. The first-order valence-corrected chi connectivity index (χ1v) is 13.6. The second-order valence-corrected chi connectivity index (χ2v) is 10.9. The monoisotopic (exact) mass is 651 g/mol. The molecule has 2 N–H and O–H groups in total. The zero-order valence-electron chi connectivity index (χ0n) is 22.5. The lowest BCUT2D eigenvalue weighted by Gasteiger charge is -2.24. The van der Waals surface area contributed by atoms with Crippen molar-refractivity contribution in [2.75, 3.05) is 0 Å². The molecule has 0 unspecified atom stereocenters. The zero-order valence-corrected chi connectivity index (χ0v) is 25.6. The molecular formula is C26H23Cl2N5O7S2. The number of aromatic nitrogens is 4. The summed E-state index contributed by atoms with van der Waals surface area (Å²) in [5.74, 6) is -2.40. The molecule has 0 atom stereocenters. The minimum Gasteiger partial charge on any atom is -0.494 e. The van der Waals surface area contributed by atoms with Crippen molar-refractivity contribution in [3.05, 3.63) is 109 Å². The highest BCUT2D eigenvalue weighted by Crippen LogP contribution is 2.42. The highest BCUT2D eigenvalue weighted by molar-refractivity contribution is 7.71. The normalized spacial score (nSPS) is 11.2. The second-order valence-electron chi connectivity index (χ2n) is 9.35. The number of halogens is 2. The van der Waals surface area contributed by atoms with Gasteiger partial charge in [-0.25, -0.2) is 0 Å². The third kappa shape index (κ3) is 5.33. The van der Waals surface area contributed by atoms with Crippen LogP contribution in [0, 0.1) is 19.7 Å². The lowest BCUT2D eigenvalue weighted by Crippen LogP contribution is -2.33. The molecule has 0 spiro atoms.